The molecule has 3 amide bonds. The molecule has 128 valence electrons. The molecule has 1 fully saturated rings. The molecule has 2 heterocycles. The molecule has 1 N–H and O–H groups in total. The summed E-state index contributed by atoms with van der Waals surface area (Å²) < 4.78 is 16.3. The Morgan fingerprint density at radius 1 is 1.29 bits per heavy atom. The third-order valence-corrected chi connectivity index (χ3v) is 4.68. The van der Waals surface area contributed by atoms with Crippen LogP contribution >= 0.6 is 0 Å². The lowest BCUT2D eigenvalue weighted by molar-refractivity contribution is -0.120. The lowest BCUT2D eigenvalue weighted by Crippen LogP contribution is -2.49. The summed E-state index contributed by atoms with van der Waals surface area (Å²) in [5.41, 5.74) is 1.46. The third kappa shape index (κ3) is 2.64. The Morgan fingerprint density at radius 3 is 2.62 bits per heavy atom. The van der Waals surface area contributed by atoms with Crippen molar-refractivity contribution in [2.45, 2.75) is 39.0 Å². The van der Waals surface area contributed by atoms with E-state index in [-0.39, 0.29) is 30.6 Å². The lowest BCUT2D eigenvalue weighted by Gasteiger charge is -2.24. The van der Waals surface area contributed by atoms with Crippen molar-refractivity contribution in [2.24, 2.45) is 7.05 Å². The van der Waals surface area contributed by atoms with Crippen LogP contribution in [0.25, 0.3) is 10.9 Å². The van der Waals surface area contributed by atoms with Crippen molar-refractivity contribution in [3.8, 4) is 0 Å². The van der Waals surface area contributed by atoms with Gasteiger partial charge in [0.1, 0.15) is 5.82 Å². The topological polar surface area (TPSA) is 67.2 Å². The van der Waals surface area contributed by atoms with Crippen LogP contribution in [0.15, 0.2) is 12.1 Å². The highest BCUT2D eigenvalue weighted by molar-refractivity contribution is 6.08. The van der Waals surface area contributed by atoms with Gasteiger partial charge < -0.3 is 0 Å². The number of rotatable bonds is 4. The fraction of sp³-hybridized carbons (Fsp3) is 0.471. The van der Waals surface area contributed by atoms with E-state index in [4.69, 9.17) is 0 Å². The zero-order valence-corrected chi connectivity index (χ0v) is 14.1. The van der Waals surface area contributed by atoms with Crippen molar-refractivity contribution in [3.05, 3.63) is 23.5 Å². The van der Waals surface area contributed by atoms with E-state index in [0.717, 1.165) is 18.4 Å². The maximum atomic E-state index is 14.6. The van der Waals surface area contributed by atoms with Gasteiger partial charge in [-0.3, -0.25) is 19.7 Å². The minimum atomic E-state index is -0.518. The Balaban J connectivity index is 2.10. The van der Waals surface area contributed by atoms with Crippen molar-refractivity contribution in [1.29, 1.82) is 0 Å². The highest BCUT2D eigenvalue weighted by Gasteiger charge is 2.28. The number of amides is 3. The van der Waals surface area contributed by atoms with Crippen molar-refractivity contribution in [2.75, 3.05) is 11.4 Å². The van der Waals surface area contributed by atoms with Gasteiger partial charge in [-0.05, 0) is 36.5 Å². The molecule has 1 aliphatic rings. The summed E-state index contributed by atoms with van der Waals surface area (Å²) in [5.74, 6) is -0.0474. The standard InChI is InChI=1S/C17H21FN4O2/c1-4-10(5-2)11-9-14-12(8-13(11)18)16(20-21(14)3)22-7-6-15(23)19-17(22)24/h8-10H,4-7H2,1-3H3,(H,19,23,24). The van der Waals surface area contributed by atoms with Crippen molar-refractivity contribution in [1.82, 2.24) is 15.1 Å². The van der Waals surface area contributed by atoms with Crippen molar-refractivity contribution in [3.63, 3.8) is 0 Å². The highest BCUT2D eigenvalue weighted by Crippen LogP contribution is 2.33. The van der Waals surface area contributed by atoms with Crippen LogP contribution in [0.4, 0.5) is 15.0 Å². The summed E-state index contributed by atoms with van der Waals surface area (Å²) in [6.07, 6.45) is 1.93. The molecule has 6 nitrogen and oxygen atoms in total. The van der Waals surface area contributed by atoms with E-state index in [0.29, 0.717) is 16.8 Å². The van der Waals surface area contributed by atoms with E-state index >= 15 is 0 Å². The molecule has 0 radical (unpaired) electrons. The van der Waals surface area contributed by atoms with E-state index < -0.39 is 6.03 Å². The minimum Gasteiger partial charge on any atom is -0.278 e. The predicted molar refractivity (Wildman–Crippen MR) is 89.5 cm³/mol. The Labute approximate surface area is 139 Å². The number of nitrogens with zero attached hydrogens (tertiary/aromatic N) is 3. The minimum absolute atomic E-state index is 0.156. The normalized spacial score (nSPS) is 15.5. The summed E-state index contributed by atoms with van der Waals surface area (Å²) >= 11 is 0. The lowest BCUT2D eigenvalue weighted by atomic mass is 9.92. The molecule has 0 unspecified atom stereocenters. The van der Waals surface area contributed by atoms with Crippen LogP contribution in [0.2, 0.25) is 0 Å². The van der Waals surface area contributed by atoms with Gasteiger partial charge in [0.2, 0.25) is 5.91 Å². The van der Waals surface area contributed by atoms with Gasteiger partial charge in [-0.2, -0.15) is 5.10 Å². The summed E-state index contributed by atoms with van der Waals surface area (Å²) in [6.45, 7) is 4.33. The van der Waals surface area contributed by atoms with Crippen LogP contribution < -0.4 is 10.2 Å². The number of aryl methyl sites for hydroxylation is 1. The molecule has 2 aromatic rings. The molecule has 0 bridgehead atoms. The van der Waals surface area contributed by atoms with Gasteiger partial charge in [0, 0.05) is 25.4 Å². The summed E-state index contributed by atoms with van der Waals surface area (Å²) in [4.78, 5) is 24.8. The second kappa shape index (κ2) is 6.22. The molecular weight excluding hydrogens is 311 g/mol. The number of nitrogens with one attached hydrogen (secondary N) is 1. The molecule has 0 atom stereocenters. The smallest absolute Gasteiger partial charge is 0.278 e. The van der Waals surface area contributed by atoms with Gasteiger partial charge in [0.05, 0.1) is 5.52 Å². The van der Waals surface area contributed by atoms with Gasteiger partial charge in [-0.15, -0.1) is 0 Å². The molecule has 0 spiro atoms. The Bertz CT molecular complexity index is 811. The number of fused-ring (bicyclic) bond motifs is 1. The number of urea groups is 1. The molecule has 1 aliphatic heterocycles. The maximum Gasteiger partial charge on any atom is 0.329 e. The maximum absolute atomic E-state index is 14.6. The number of carbonyl (C=O) groups excluding carboxylic acids is 2. The third-order valence-electron chi connectivity index (χ3n) is 4.68. The first-order valence-corrected chi connectivity index (χ1v) is 8.23. The van der Waals surface area contributed by atoms with Crippen LogP contribution in [-0.2, 0) is 11.8 Å². The van der Waals surface area contributed by atoms with Crippen LogP contribution in [0.3, 0.4) is 0 Å². The number of anilines is 1. The predicted octanol–water partition coefficient (Wildman–Crippen LogP) is 3.06. The van der Waals surface area contributed by atoms with Crippen molar-refractivity contribution >= 4 is 28.7 Å². The van der Waals surface area contributed by atoms with E-state index in [1.54, 1.807) is 11.7 Å². The first kappa shape index (κ1) is 16.4. The van der Waals surface area contributed by atoms with Crippen LogP contribution in [-0.4, -0.2) is 28.3 Å². The molecule has 0 aliphatic carbocycles. The number of imide groups is 1. The fourth-order valence-corrected chi connectivity index (χ4v) is 3.28. The zero-order chi connectivity index (χ0) is 17.4. The van der Waals surface area contributed by atoms with Crippen LogP contribution in [0.1, 0.15) is 44.6 Å². The summed E-state index contributed by atoms with van der Waals surface area (Å²) in [7, 11) is 1.77. The van der Waals surface area contributed by atoms with Gasteiger partial charge in [0.15, 0.2) is 5.82 Å². The second-order valence-corrected chi connectivity index (χ2v) is 6.11. The van der Waals surface area contributed by atoms with E-state index in [1.165, 1.54) is 11.0 Å². The Morgan fingerprint density at radius 2 is 2.00 bits per heavy atom. The van der Waals surface area contributed by atoms with Gasteiger partial charge in [-0.25, -0.2) is 9.18 Å². The molecule has 24 heavy (non-hydrogen) atoms. The number of hydrogen-bond acceptors (Lipinski definition) is 3. The molecule has 3 rings (SSSR count). The quantitative estimate of drug-likeness (QED) is 0.935. The van der Waals surface area contributed by atoms with Gasteiger partial charge in [-0.1, -0.05) is 13.8 Å². The molecule has 0 saturated carbocycles. The molecule has 7 heteroatoms. The number of halogens is 1. The SMILES string of the molecule is CCC(CC)c1cc2c(cc1F)c(N1CCC(=O)NC1=O)nn2C. The Kier molecular flexibility index (Phi) is 4.26. The summed E-state index contributed by atoms with van der Waals surface area (Å²) in [6, 6.07) is 2.76. The molecular formula is C17H21FN4O2. The number of carbonyl (C=O) groups is 2. The van der Waals surface area contributed by atoms with E-state index in [1.807, 2.05) is 19.9 Å². The first-order chi connectivity index (χ1) is 11.5. The van der Waals surface area contributed by atoms with Gasteiger partial charge in [0.25, 0.3) is 0 Å². The zero-order valence-electron chi connectivity index (χ0n) is 14.1. The summed E-state index contributed by atoms with van der Waals surface area (Å²) in [5, 5.41) is 7.23. The number of aromatic nitrogens is 2. The fourth-order valence-electron chi connectivity index (χ4n) is 3.28. The number of benzene rings is 1. The van der Waals surface area contributed by atoms with Crippen LogP contribution in [0.5, 0.6) is 0 Å². The second-order valence-electron chi connectivity index (χ2n) is 6.11. The molecule has 1 saturated heterocycles. The largest absolute Gasteiger partial charge is 0.329 e. The van der Waals surface area contributed by atoms with Gasteiger partial charge >= 0.3 is 6.03 Å². The van der Waals surface area contributed by atoms with Crippen LogP contribution in [0, 0.1) is 5.82 Å². The van der Waals surface area contributed by atoms with Crippen molar-refractivity contribution < 1.29 is 14.0 Å². The molecule has 1 aromatic heterocycles. The average Bonchev–Trinajstić information content (AvgIpc) is 2.85. The monoisotopic (exact) mass is 332 g/mol. The van der Waals surface area contributed by atoms with E-state index in [9.17, 15) is 14.0 Å². The number of hydrogen-bond donors (Lipinski definition) is 1. The van der Waals surface area contributed by atoms with E-state index in [2.05, 4.69) is 10.4 Å². The Hall–Kier alpha value is -2.44. The molecule has 1 aromatic carbocycles. The first-order valence-electron chi connectivity index (χ1n) is 8.23. The average molecular weight is 332 g/mol. The highest BCUT2D eigenvalue weighted by atomic mass is 19.1.